The summed E-state index contributed by atoms with van der Waals surface area (Å²) in [5, 5.41) is 17.3. The first-order valence-corrected chi connectivity index (χ1v) is 7.02. The van der Waals surface area contributed by atoms with Crippen molar-refractivity contribution in [3.63, 3.8) is 0 Å². The van der Waals surface area contributed by atoms with Gasteiger partial charge in [0.15, 0.2) is 0 Å². The molecule has 7 nitrogen and oxygen atoms in total. The van der Waals surface area contributed by atoms with Gasteiger partial charge in [0.1, 0.15) is 5.69 Å². The summed E-state index contributed by atoms with van der Waals surface area (Å²) in [5.74, 6) is 0.402. The van der Waals surface area contributed by atoms with Crippen molar-refractivity contribution in [2.75, 3.05) is 17.7 Å². The number of halogens is 2. The number of nitrogens with zero attached hydrogens (tertiary/aromatic N) is 3. The number of nitrogens with one attached hydrogen (secondary N) is 2. The number of rotatable bonds is 4. The van der Waals surface area contributed by atoms with Gasteiger partial charge in [0.2, 0.25) is 11.8 Å². The quantitative estimate of drug-likeness (QED) is 0.624. The zero-order chi connectivity index (χ0) is 15.6. The highest BCUT2D eigenvalue weighted by Crippen LogP contribution is 2.31. The minimum absolute atomic E-state index is 0.107. The predicted molar refractivity (Wildman–Crippen MR) is 85.4 cm³/mol. The Hall–Kier alpha value is -1.93. The largest absolute Gasteiger partial charge is 0.357 e. The van der Waals surface area contributed by atoms with Crippen LogP contribution in [0.3, 0.4) is 0 Å². The van der Waals surface area contributed by atoms with E-state index >= 15 is 0 Å². The van der Waals surface area contributed by atoms with Gasteiger partial charge in [0.25, 0.3) is 0 Å². The van der Waals surface area contributed by atoms with Gasteiger partial charge in [-0.1, -0.05) is 11.6 Å². The smallest absolute Gasteiger partial charge is 0.332 e. The van der Waals surface area contributed by atoms with Crippen molar-refractivity contribution in [1.29, 1.82) is 0 Å². The van der Waals surface area contributed by atoms with E-state index in [1.54, 1.807) is 32.2 Å². The zero-order valence-electron chi connectivity index (χ0n) is 11.1. The van der Waals surface area contributed by atoms with E-state index in [2.05, 4.69) is 36.5 Å². The Morgan fingerprint density at radius 1 is 1.38 bits per heavy atom. The average Bonchev–Trinajstić information content (AvgIpc) is 2.41. The first kappa shape index (κ1) is 15.5. The highest BCUT2D eigenvalue weighted by molar-refractivity contribution is 9.10. The summed E-state index contributed by atoms with van der Waals surface area (Å²) in [4.78, 5) is 18.8. The predicted octanol–water partition coefficient (Wildman–Crippen LogP) is 3.89. The van der Waals surface area contributed by atoms with Crippen LogP contribution in [0.2, 0.25) is 5.02 Å². The fourth-order valence-corrected chi connectivity index (χ4v) is 2.12. The summed E-state index contributed by atoms with van der Waals surface area (Å²) in [6.45, 7) is 1.56. The molecule has 1 heterocycles. The Kier molecular flexibility index (Phi) is 4.59. The van der Waals surface area contributed by atoms with E-state index < -0.39 is 4.92 Å². The molecule has 0 aliphatic carbocycles. The van der Waals surface area contributed by atoms with E-state index in [1.807, 2.05) is 0 Å². The lowest BCUT2D eigenvalue weighted by Crippen LogP contribution is -2.07. The number of aromatic nitrogens is 2. The van der Waals surface area contributed by atoms with Gasteiger partial charge in [-0.25, -0.2) is 4.98 Å². The van der Waals surface area contributed by atoms with E-state index in [0.29, 0.717) is 16.7 Å². The number of anilines is 3. The molecule has 0 saturated heterocycles. The Morgan fingerprint density at radius 3 is 2.67 bits per heavy atom. The van der Waals surface area contributed by atoms with E-state index in [-0.39, 0.29) is 17.2 Å². The highest BCUT2D eigenvalue weighted by Gasteiger charge is 2.22. The molecule has 0 aliphatic heterocycles. The van der Waals surface area contributed by atoms with Crippen LogP contribution in [0.5, 0.6) is 0 Å². The monoisotopic (exact) mass is 371 g/mol. The second-order valence-electron chi connectivity index (χ2n) is 4.09. The lowest BCUT2D eigenvalue weighted by atomic mass is 10.3. The van der Waals surface area contributed by atoms with Crippen molar-refractivity contribution in [2.45, 2.75) is 6.92 Å². The Morgan fingerprint density at radius 2 is 2.10 bits per heavy atom. The van der Waals surface area contributed by atoms with Crippen molar-refractivity contribution in [1.82, 2.24) is 9.97 Å². The zero-order valence-corrected chi connectivity index (χ0v) is 13.5. The number of hydrogen-bond acceptors (Lipinski definition) is 6. The normalized spacial score (nSPS) is 10.3. The standard InChI is InChI=1S/C12H11BrClN5O2/c1-6-10(19(20)21)11(18-12(15-2)16-6)17-7-3-4-8(13)9(14)5-7/h3-5H,1-2H3,(H2,15,16,17,18). The molecule has 1 aromatic carbocycles. The number of hydrogen-bond donors (Lipinski definition) is 2. The van der Waals surface area contributed by atoms with E-state index in [1.165, 1.54) is 0 Å². The van der Waals surface area contributed by atoms with Crippen molar-refractivity contribution < 1.29 is 4.92 Å². The minimum atomic E-state index is -0.516. The first-order valence-electron chi connectivity index (χ1n) is 5.85. The Bertz CT molecular complexity index is 710. The van der Waals surface area contributed by atoms with Gasteiger partial charge in [-0.05, 0) is 41.1 Å². The van der Waals surface area contributed by atoms with Gasteiger partial charge >= 0.3 is 5.69 Å². The number of benzene rings is 1. The molecule has 1 aromatic heterocycles. The van der Waals surface area contributed by atoms with Gasteiger partial charge < -0.3 is 10.6 Å². The van der Waals surface area contributed by atoms with Crippen LogP contribution < -0.4 is 10.6 Å². The summed E-state index contributed by atoms with van der Waals surface area (Å²) in [6, 6.07) is 5.12. The van der Waals surface area contributed by atoms with Gasteiger partial charge in [-0.2, -0.15) is 4.98 Å². The molecule has 2 rings (SSSR count). The van der Waals surface area contributed by atoms with Gasteiger partial charge in [0, 0.05) is 17.2 Å². The fraction of sp³-hybridized carbons (Fsp3) is 0.167. The molecule has 0 aliphatic rings. The molecule has 0 unspecified atom stereocenters. The topological polar surface area (TPSA) is 93.0 Å². The lowest BCUT2D eigenvalue weighted by molar-refractivity contribution is -0.385. The molecule has 0 bridgehead atoms. The van der Waals surface area contributed by atoms with Crippen molar-refractivity contribution >= 4 is 50.7 Å². The average molecular weight is 373 g/mol. The second kappa shape index (κ2) is 6.23. The molecular formula is C12H11BrClN5O2. The third kappa shape index (κ3) is 3.40. The van der Waals surface area contributed by atoms with Crippen LogP contribution in [0.15, 0.2) is 22.7 Å². The molecule has 0 amide bonds. The molecule has 21 heavy (non-hydrogen) atoms. The van der Waals surface area contributed by atoms with Crippen LogP contribution in [0.25, 0.3) is 0 Å². The van der Waals surface area contributed by atoms with Crippen LogP contribution in [0.1, 0.15) is 5.69 Å². The summed E-state index contributed by atoms with van der Waals surface area (Å²) in [5.41, 5.74) is 0.685. The highest BCUT2D eigenvalue weighted by atomic mass is 79.9. The van der Waals surface area contributed by atoms with Crippen LogP contribution >= 0.6 is 27.5 Å². The molecule has 2 N–H and O–H groups in total. The third-order valence-corrected chi connectivity index (χ3v) is 3.88. The molecule has 110 valence electrons. The van der Waals surface area contributed by atoms with Crippen LogP contribution in [-0.2, 0) is 0 Å². The van der Waals surface area contributed by atoms with Gasteiger partial charge in [0.05, 0.1) is 9.95 Å². The minimum Gasteiger partial charge on any atom is -0.357 e. The first-order chi connectivity index (χ1) is 9.92. The molecular weight excluding hydrogens is 362 g/mol. The fourth-order valence-electron chi connectivity index (χ4n) is 1.70. The Labute approximate surface area is 134 Å². The van der Waals surface area contributed by atoms with Gasteiger partial charge in [-0.3, -0.25) is 10.1 Å². The van der Waals surface area contributed by atoms with Crippen molar-refractivity contribution in [3.8, 4) is 0 Å². The molecule has 2 aromatic rings. The maximum absolute atomic E-state index is 11.2. The van der Waals surface area contributed by atoms with Gasteiger partial charge in [-0.15, -0.1) is 0 Å². The summed E-state index contributed by atoms with van der Waals surface area (Å²) < 4.78 is 0.735. The molecule has 0 radical (unpaired) electrons. The number of nitro groups is 1. The SMILES string of the molecule is CNc1nc(C)c([N+](=O)[O-])c(Nc2ccc(Br)c(Cl)c2)n1. The van der Waals surface area contributed by atoms with E-state index in [4.69, 9.17) is 11.6 Å². The van der Waals surface area contributed by atoms with E-state index in [9.17, 15) is 10.1 Å². The maximum Gasteiger partial charge on any atom is 0.332 e. The second-order valence-corrected chi connectivity index (χ2v) is 5.35. The molecule has 0 fully saturated rings. The summed E-state index contributed by atoms with van der Waals surface area (Å²) in [6.07, 6.45) is 0. The number of aryl methyl sites for hydroxylation is 1. The van der Waals surface area contributed by atoms with E-state index in [0.717, 1.165) is 4.47 Å². The lowest BCUT2D eigenvalue weighted by Gasteiger charge is -2.10. The Balaban J connectivity index is 2.48. The molecule has 0 saturated carbocycles. The van der Waals surface area contributed by atoms with Crippen LogP contribution in [0, 0.1) is 17.0 Å². The van der Waals surface area contributed by atoms with Crippen molar-refractivity contribution in [2.24, 2.45) is 0 Å². The third-order valence-electron chi connectivity index (χ3n) is 2.65. The van der Waals surface area contributed by atoms with Crippen LogP contribution in [-0.4, -0.2) is 21.9 Å². The van der Waals surface area contributed by atoms with Crippen LogP contribution in [0.4, 0.5) is 23.1 Å². The summed E-state index contributed by atoms with van der Waals surface area (Å²) >= 11 is 9.29. The summed E-state index contributed by atoms with van der Waals surface area (Å²) in [7, 11) is 1.64. The molecule has 9 heteroatoms. The maximum atomic E-state index is 11.2. The molecule has 0 spiro atoms. The van der Waals surface area contributed by atoms with Crippen molar-refractivity contribution in [3.05, 3.63) is 43.5 Å². The molecule has 0 atom stereocenters.